The lowest BCUT2D eigenvalue weighted by Gasteiger charge is -2.32. The first-order valence-electron chi connectivity index (χ1n) is 11.5. The number of hydrogen-bond acceptors (Lipinski definition) is 5. The Hall–Kier alpha value is -2.74. The molecule has 0 spiro atoms. The summed E-state index contributed by atoms with van der Waals surface area (Å²) >= 11 is 0. The molecule has 1 aliphatic heterocycles. The average molecular weight is 474 g/mol. The van der Waals surface area contributed by atoms with Crippen LogP contribution in [0.4, 0.5) is 11.4 Å². The van der Waals surface area contributed by atoms with Gasteiger partial charge in [-0.2, -0.15) is 0 Å². The Morgan fingerprint density at radius 1 is 1.18 bits per heavy atom. The molecule has 2 aromatic rings. The van der Waals surface area contributed by atoms with Gasteiger partial charge in [-0.3, -0.25) is 9.10 Å². The molecule has 0 radical (unpaired) electrons. The number of hydrogen-bond donors (Lipinski definition) is 1. The number of nitrogens with zero attached hydrogens (tertiary/aromatic N) is 2. The highest BCUT2D eigenvalue weighted by atomic mass is 32.2. The second-order valence-electron chi connectivity index (χ2n) is 8.75. The van der Waals surface area contributed by atoms with Crippen LogP contribution < -0.4 is 19.3 Å². The summed E-state index contributed by atoms with van der Waals surface area (Å²) in [6.07, 6.45) is 4.33. The first-order valence-corrected chi connectivity index (χ1v) is 13.3. The standard InChI is InChI=1S/C25H35N3O4S/c1-20-8-6-16-27(19-20)22-14-12-21(13-15-22)18-26-25(29)11-7-17-28(33(3,30)31)23-9-4-5-10-24(23)32-2/h4-5,9-10,12-15,20H,6-8,11,16-19H2,1-3H3,(H,26,29)/t20-/m1/s1. The van der Waals surface area contributed by atoms with Gasteiger partial charge in [0, 0.05) is 38.3 Å². The molecule has 0 aromatic heterocycles. The number of carbonyl (C=O) groups is 1. The van der Waals surface area contributed by atoms with E-state index in [1.54, 1.807) is 24.3 Å². The maximum absolute atomic E-state index is 12.3. The number of amides is 1. The van der Waals surface area contributed by atoms with Crippen molar-refractivity contribution in [2.75, 3.05) is 42.2 Å². The zero-order valence-corrected chi connectivity index (χ0v) is 20.6. The van der Waals surface area contributed by atoms with Crippen molar-refractivity contribution in [2.24, 2.45) is 5.92 Å². The molecule has 1 fully saturated rings. The quantitative estimate of drug-likeness (QED) is 0.568. The molecule has 1 heterocycles. The fourth-order valence-electron chi connectivity index (χ4n) is 4.22. The molecule has 7 nitrogen and oxygen atoms in total. The number of anilines is 2. The van der Waals surface area contributed by atoms with E-state index >= 15 is 0 Å². The first kappa shape index (κ1) is 24.9. The Balaban J connectivity index is 1.48. The number of nitrogens with one attached hydrogen (secondary N) is 1. The summed E-state index contributed by atoms with van der Waals surface area (Å²) in [5.41, 5.74) is 2.75. The van der Waals surface area contributed by atoms with Crippen molar-refractivity contribution in [3.05, 3.63) is 54.1 Å². The highest BCUT2D eigenvalue weighted by Crippen LogP contribution is 2.29. The molecule has 3 rings (SSSR count). The maximum Gasteiger partial charge on any atom is 0.232 e. The lowest BCUT2D eigenvalue weighted by Crippen LogP contribution is -2.34. The third kappa shape index (κ3) is 7.12. The minimum Gasteiger partial charge on any atom is -0.495 e. The predicted octanol–water partition coefficient (Wildman–Crippen LogP) is 3.79. The van der Waals surface area contributed by atoms with Gasteiger partial charge in [0.2, 0.25) is 15.9 Å². The zero-order chi connectivity index (χ0) is 23.8. The lowest BCUT2D eigenvalue weighted by atomic mass is 9.99. The Morgan fingerprint density at radius 3 is 2.58 bits per heavy atom. The van der Waals surface area contributed by atoms with Gasteiger partial charge in [-0.25, -0.2) is 8.42 Å². The van der Waals surface area contributed by atoms with Crippen molar-refractivity contribution in [1.29, 1.82) is 0 Å². The van der Waals surface area contributed by atoms with Crippen molar-refractivity contribution in [1.82, 2.24) is 5.32 Å². The summed E-state index contributed by atoms with van der Waals surface area (Å²) in [4.78, 5) is 14.8. The number of benzene rings is 2. The minimum atomic E-state index is -3.50. The third-order valence-electron chi connectivity index (χ3n) is 5.97. The fraction of sp³-hybridized carbons (Fsp3) is 0.480. The lowest BCUT2D eigenvalue weighted by molar-refractivity contribution is -0.121. The Labute approximate surface area is 197 Å². The normalized spacial score (nSPS) is 16.3. The van der Waals surface area contributed by atoms with E-state index in [1.165, 1.54) is 29.9 Å². The molecule has 2 aromatic carbocycles. The summed E-state index contributed by atoms with van der Waals surface area (Å²) in [6, 6.07) is 15.3. The molecule has 1 N–H and O–H groups in total. The van der Waals surface area contributed by atoms with Gasteiger partial charge in [-0.1, -0.05) is 31.2 Å². The van der Waals surface area contributed by atoms with Gasteiger partial charge in [0.15, 0.2) is 0 Å². The van der Waals surface area contributed by atoms with Crippen LogP contribution in [0.25, 0.3) is 0 Å². The van der Waals surface area contributed by atoms with Gasteiger partial charge in [0.25, 0.3) is 0 Å². The Kier molecular flexibility index (Phi) is 8.61. The van der Waals surface area contributed by atoms with Crippen LogP contribution in [0.5, 0.6) is 5.75 Å². The molecule has 1 atom stereocenters. The second kappa shape index (κ2) is 11.4. The topological polar surface area (TPSA) is 79.0 Å². The number of piperidine rings is 1. The van der Waals surface area contributed by atoms with Crippen LogP contribution in [-0.2, 0) is 21.4 Å². The van der Waals surface area contributed by atoms with E-state index in [9.17, 15) is 13.2 Å². The molecule has 0 bridgehead atoms. The van der Waals surface area contributed by atoms with Gasteiger partial charge < -0.3 is 15.0 Å². The van der Waals surface area contributed by atoms with Crippen molar-refractivity contribution >= 4 is 27.3 Å². The molecule has 1 saturated heterocycles. The SMILES string of the molecule is COc1ccccc1N(CCCC(=O)NCc1ccc(N2CCC[C@@H](C)C2)cc1)S(C)(=O)=O. The summed E-state index contributed by atoms with van der Waals surface area (Å²) in [5.74, 6) is 1.10. The largest absolute Gasteiger partial charge is 0.495 e. The van der Waals surface area contributed by atoms with Crippen LogP contribution in [-0.4, -0.2) is 47.3 Å². The number of para-hydroxylation sites is 2. The average Bonchev–Trinajstić information content (AvgIpc) is 2.80. The number of methoxy groups -OCH3 is 1. The van der Waals surface area contributed by atoms with Crippen LogP contribution >= 0.6 is 0 Å². The molecule has 0 aliphatic carbocycles. The number of carbonyl (C=O) groups excluding carboxylic acids is 1. The van der Waals surface area contributed by atoms with Crippen LogP contribution in [0.2, 0.25) is 0 Å². The smallest absolute Gasteiger partial charge is 0.232 e. The van der Waals surface area contributed by atoms with E-state index in [-0.39, 0.29) is 18.9 Å². The highest BCUT2D eigenvalue weighted by Gasteiger charge is 2.21. The summed E-state index contributed by atoms with van der Waals surface area (Å²) in [6.45, 7) is 5.14. The van der Waals surface area contributed by atoms with Crippen molar-refractivity contribution in [3.8, 4) is 5.75 Å². The molecule has 0 unspecified atom stereocenters. The number of rotatable bonds is 10. The molecule has 1 amide bonds. The van der Waals surface area contributed by atoms with E-state index < -0.39 is 10.0 Å². The first-order chi connectivity index (χ1) is 15.8. The van der Waals surface area contributed by atoms with Gasteiger partial charge in [-0.15, -0.1) is 0 Å². The molecule has 33 heavy (non-hydrogen) atoms. The molecular formula is C25H35N3O4S. The van der Waals surface area contributed by atoms with Gasteiger partial charge in [0.1, 0.15) is 5.75 Å². The fourth-order valence-corrected chi connectivity index (χ4v) is 5.19. The van der Waals surface area contributed by atoms with Gasteiger partial charge >= 0.3 is 0 Å². The second-order valence-corrected chi connectivity index (χ2v) is 10.7. The van der Waals surface area contributed by atoms with E-state index in [0.717, 1.165) is 30.8 Å². The van der Waals surface area contributed by atoms with E-state index in [1.807, 2.05) is 0 Å². The monoisotopic (exact) mass is 473 g/mol. The van der Waals surface area contributed by atoms with Gasteiger partial charge in [-0.05, 0) is 55.0 Å². The van der Waals surface area contributed by atoms with E-state index in [0.29, 0.717) is 24.4 Å². The van der Waals surface area contributed by atoms with Crippen LogP contribution in [0, 0.1) is 5.92 Å². The Morgan fingerprint density at radius 2 is 1.91 bits per heavy atom. The number of ether oxygens (including phenoxy) is 1. The van der Waals surface area contributed by atoms with E-state index in [4.69, 9.17) is 4.74 Å². The molecule has 180 valence electrons. The molecule has 8 heteroatoms. The minimum absolute atomic E-state index is 0.0996. The third-order valence-corrected chi connectivity index (χ3v) is 7.15. The summed E-state index contributed by atoms with van der Waals surface area (Å²) < 4.78 is 31.2. The maximum atomic E-state index is 12.3. The van der Waals surface area contributed by atoms with Crippen LogP contribution in [0.1, 0.15) is 38.2 Å². The van der Waals surface area contributed by atoms with Crippen molar-refractivity contribution in [3.63, 3.8) is 0 Å². The molecule has 0 saturated carbocycles. The Bertz CT molecular complexity index is 1020. The van der Waals surface area contributed by atoms with E-state index in [2.05, 4.69) is 41.4 Å². The van der Waals surface area contributed by atoms with Crippen LogP contribution in [0.3, 0.4) is 0 Å². The molecular weight excluding hydrogens is 438 g/mol. The highest BCUT2D eigenvalue weighted by molar-refractivity contribution is 7.92. The predicted molar refractivity (Wildman–Crippen MR) is 133 cm³/mol. The zero-order valence-electron chi connectivity index (χ0n) is 19.8. The van der Waals surface area contributed by atoms with Crippen molar-refractivity contribution < 1.29 is 17.9 Å². The van der Waals surface area contributed by atoms with Crippen LogP contribution in [0.15, 0.2) is 48.5 Å². The summed E-state index contributed by atoms with van der Waals surface area (Å²) in [7, 11) is -2.00. The number of sulfonamides is 1. The molecule has 1 aliphatic rings. The summed E-state index contributed by atoms with van der Waals surface area (Å²) in [5, 5.41) is 2.93. The van der Waals surface area contributed by atoms with Crippen molar-refractivity contribution in [2.45, 2.75) is 39.2 Å². The van der Waals surface area contributed by atoms with Gasteiger partial charge in [0.05, 0.1) is 19.1 Å².